The van der Waals surface area contributed by atoms with Crippen LogP contribution < -0.4 is 5.32 Å². The topological polar surface area (TPSA) is 85.6 Å². The molecule has 1 N–H and O–H groups in total. The van der Waals surface area contributed by atoms with Gasteiger partial charge in [0.1, 0.15) is 11.4 Å². The maximum Gasteiger partial charge on any atom is 0.234 e. The summed E-state index contributed by atoms with van der Waals surface area (Å²) in [4.78, 5) is 20.3. The van der Waals surface area contributed by atoms with Crippen LogP contribution in [0.25, 0.3) is 11.2 Å². The molecule has 0 aliphatic rings. The number of anilines is 1. The number of fused-ring (bicyclic) bond motifs is 1. The fourth-order valence-corrected chi connectivity index (χ4v) is 2.85. The molecule has 0 unspecified atom stereocenters. The number of hydrogen-bond donors (Lipinski definition) is 1. The number of rotatable bonds is 4. The number of aryl methyl sites for hydroxylation is 2. The summed E-state index contributed by atoms with van der Waals surface area (Å²) in [6.45, 7) is 1.91. The third kappa shape index (κ3) is 3.43. The molecule has 0 radical (unpaired) electrons. The second-order valence-electron chi connectivity index (χ2n) is 4.86. The van der Waals surface area contributed by atoms with Crippen molar-refractivity contribution in [2.24, 2.45) is 7.05 Å². The number of aromatic nitrogens is 5. The summed E-state index contributed by atoms with van der Waals surface area (Å²) in [5.74, 6) is 0.0549. The van der Waals surface area contributed by atoms with Crippen LogP contribution in [0, 0.1) is 6.92 Å². The van der Waals surface area contributed by atoms with Crippen LogP contribution in [-0.4, -0.2) is 36.6 Å². The normalized spacial score (nSPS) is 10.9. The molecule has 0 atom stereocenters. The molecule has 3 rings (SSSR count). The summed E-state index contributed by atoms with van der Waals surface area (Å²) in [5.41, 5.74) is 2.85. The highest BCUT2D eigenvalue weighted by Gasteiger charge is 2.12. The summed E-state index contributed by atoms with van der Waals surface area (Å²) in [6, 6.07) is 5.40. The minimum Gasteiger partial charge on any atom is -0.325 e. The van der Waals surface area contributed by atoms with E-state index in [1.165, 1.54) is 18.1 Å². The van der Waals surface area contributed by atoms with E-state index in [-0.39, 0.29) is 11.7 Å². The Labute approximate surface area is 141 Å². The van der Waals surface area contributed by atoms with Crippen LogP contribution in [-0.2, 0) is 11.8 Å². The number of carbonyl (C=O) groups excluding carboxylic acids is 1. The molecule has 2 aromatic heterocycles. The van der Waals surface area contributed by atoms with Gasteiger partial charge >= 0.3 is 0 Å². The molecule has 9 heteroatoms. The van der Waals surface area contributed by atoms with Gasteiger partial charge in [-0.2, -0.15) is 0 Å². The van der Waals surface area contributed by atoms with Gasteiger partial charge in [0.2, 0.25) is 5.91 Å². The SMILES string of the molecule is Cc1ccc(NC(=O)CSc2ncnc3c2nnn3C)cc1Cl. The van der Waals surface area contributed by atoms with E-state index in [1.807, 2.05) is 19.1 Å². The lowest BCUT2D eigenvalue weighted by Crippen LogP contribution is -2.14. The van der Waals surface area contributed by atoms with Crippen molar-refractivity contribution < 1.29 is 4.79 Å². The van der Waals surface area contributed by atoms with Crippen molar-refractivity contribution in [1.82, 2.24) is 25.0 Å². The molecule has 0 spiro atoms. The van der Waals surface area contributed by atoms with E-state index in [9.17, 15) is 4.79 Å². The predicted octanol–water partition coefficient (Wildman–Crippen LogP) is 2.45. The van der Waals surface area contributed by atoms with Crippen molar-refractivity contribution >= 4 is 46.1 Å². The van der Waals surface area contributed by atoms with Crippen molar-refractivity contribution in [1.29, 1.82) is 0 Å². The fourth-order valence-electron chi connectivity index (χ4n) is 1.94. The van der Waals surface area contributed by atoms with Crippen molar-refractivity contribution in [3.63, 3.8) is 0 Å². The fraction of sp³-hybridized carbons (Fsp3) is 0.214. The van der Waals surface area contributed by atoms with Crippen molar-refractivity contribution in [3.05, 3.63) is 35.1 Å². The summed E-state index contributed by atoms with van der Waals surface area (Å²) in [6.07, 6.45) is 1.44. The monoisotopic (exact) mass is 348 g/mol. The van der Waals surface area contributed by atoms with E-state index in [2.05, 4.69) is 25.6 Å². The Morgan fingerprint density at radius 1 is 1.39 bits per heavy atom. The van der Waals surface area contributed by atoms with Gasteiger partial charge in [-0.05, 0) is 24.6 Å². The number of nitrogens with zero attached hydrogens (tertiary/aromatic N) is 5. The largest absolute Gasteiger partial charge is 0.325 e. The van der Waals surface area contributed by atoms with E-state index in [0.717, 1.165) is 5.56 Å². The predicted molar refractivity (Wildman–Crippen MR) is 89.6 cm³/mol. The van der Waals surface area contributed by atoms with Crippen LogP contribution in [0.15, 0.2) is 29.6 Å². The maximum absolute atomic E-state index is 12.1. The van der Waals surface area contributed by atoms with Crippen LogP contribution in [0.2, 0.25) is 5.02 Å². The van der Waals surface area contributed by atoms with Gasteiger partial charge in [-0.3, -0.25) is 4.79 Å². The second kappa shape index (κ2) is 6.51. The molecule has 1 amide bonds. The Bertz CT molecular complexity index is 881. The molecular formula is C14H13ClN6OS. The highest BCUT2D eigenvalue weighted by atomic mass is 35.5. The van der Waals surface area contributed by atoms with E-state index < -0.39 is 0 Å². The number of halogens is 1. The lowest BCUT2D eigenvalue weighted by molar-refractivity contribution is -0.113. The van der Waals surface area contributed by atoms with Crippen molar-refractivity contribution in [2.75, 3.05) is 11.1 Å². The average molecular weight is 349 g/mol. The quantitative estimate of drug-likeness (QED) is 0.575. The maximum atomic E-state index is 12.1. The Kier molecular flexibility index (Phi) is 4.44. The number of benzene rings is 1. The molecule has 0 saturated heterocycles. The second-order valence-corrected chi connectivity index (χ2v) is 6.24. The Morgan fingerprint density at radius 2 is 2.22 bits per heavy atom. The minimum absolute atomic E-state index is 0.148. The first kappa shape index (κ1) is 15.7. The molecule has 0 aliphatic carbocycles. The highest BCUT2D eigenvalue weighted by Crippen LogP contribution is 2.23. The van der Waals surface area contributed by atoms with Gasteiger partial charge in [-0.15, -0.1) is 5.10 Å². The molecule has 3 aromatic rings. The molecule has 2 heterocycles. The van der Waals surface area contributed by atoms with Gasteiger partial charge < -0.3 is 5.32 Å². The van der Waals surface area contributed by atoms with Crippen LogP contribution in [0.4, 0.5) is 5.69 Å². The molecular weight excluding hydrogens is 336 g/mol. The molecule has 0 fully saturated rings. The number of carbonyl (C=O) groups is 1. The van der Waals surface area contributed by atoms with Crippen LogP contribution in [0.5, 0.6) is 0 Å². The Morgan fingerprint density at radius 3 is 3.00 bits per heavy atom. The number of amides is 1. The number of hydrogen-bond acceptors (Lipinski definition) is 6. The summed E-state index contributed by atoms with van der Waals surface area (Å²) >= 11 is 7.33. The molecule has 23 heavy (non-hydrogen) atoms. The van der Waals surface area contributed by atoms with Gasteiger partial charge in [0.05, 0.1) is 5.75 Å². The first-order chi connectivity index (χ1) is 11.0. The number of thioether (sulfide) groups is 1. The van der Waals surface area contributed by atoms with Crippen LogP contribution in [0.1, 0.15) is 5.56 Å². The van der Waals surface area contributed by atoms with Crippen LogP contribution in [0.3, 0.4) is 0 Å². The van der Waals surface area contributed by atoms with E-state index in [0.29, 0.717) is 26.9 Å². The third-order valence-electron chi connectivity index (χ3n) is 3.15. The zero-order chi connectivity index (χ0) is 16.4. The zero-order valence-corrected chi connectivity index (χ0v) is 14.0. The van der Waals surface area contributed by atoms with Crippen molar-refractivity contribution in [3.8, 4) is 0 Å². The van der Waals surface area contributed by atoms with Gasteiger partial charge in [-0.25, -0.2) is 14.6 Å². The number of nitrogens with one attached hydrogen (secondary N) is 1. The summed E-state index contributed by atoms with van der Waals surface area (Å²) < 4.78 is 1.56. The average Bonchev–Trinajstić information content (AvgIpc) is 2.91. The van der Waals surface area contributed by atoms with Gasteiger partial charge in [0, 0.05) is 17.8 Å². The molecule has 0 aliphatic heterocycles. The minimum atomic E-state index is -0.148. The molecule has 0 bridgehead atoms. The highest BCUT2D eigenvalue weighted by molar-refractivity contribution is 8.00. The Balaban J connectivity index is 1.67. The zero-order valence-electron chi connectivity index (χ0n) is 12.4. The smallest absolute Gasteiger partial charge is 0.234 e. The first-order valence-electron chi connectivity index (χ1n) is 6.74. The van der Waals surface area contributed by atoms with E-state index in [4.69, 9.17) is 11.6 Å². The first-order valence-corrected chi connectivity index (χ1v) is 8.10. The van der Waals surface area contributed by atoms with E-state index >= 15 is 0 Å². The standard InChI is InChI=1S/C14H13ClN6OS/c1-8-3-4-9(5-10(8)15)18-11(22)6-23-14-12-13(16-7-17-14)21(2)20-19-12/h3-5,7H,6H2,1-2H3,(H,18,22). The lowest BCUT2D eigenvalue weighted by Gasteiger charge is -2.06. The third-order valence-corrected chi connectivity index (χ3v) is 4.54. The molecule has 0 saturated carbocycles. The van der Waals surface area contributed by atoms with Crippen LogP contribution >= 0.6 is 23.4 Å². The summed E-state index contributed by atoms with van der Waals surface area (Å²) in [7, 11) is 1.75. The molecule has 1 aromatic carbocycles. The van der Waals surface area contributed by atoms with Gasteiger partial charge in [0.15, 0.2) is 11.2 Å². The molecule has 7 nitrogen and oxygen atoms in total. The lowest BCUT2D eigenvalue weighted by atomic mass is 10.2. The Hall–Kier alpha value is -2.19. The van der Waals surface area contributed by atoms with E-state index in [1.54, 1.807) is 17.8 Å². The van der Waals surface area contributed by atoms with Gasteiger partial charge in [-0.1, -0.05) is 34.6 Å². The van der Waals surface area contributed by atoms with Gasteiger partial charge in [0.25, 0.3) is 0 Å². The molecule has 118 valence electrons. The summed E-state index contributed by atoms with van der Waals surface area (Å²) in [5, 5.41) is 12.0. The van der Waals surface area contributed by atoms with Crippen molar-refractivity contribution in [2.45, 2.75) is 11.9 Å².